The van der Waals surface area contributed by atoms with Crippen molar-refractivity contribution >= 4 is 0 Å². The fourth-order valence-electron chi connectivity index (χ4n) is 2.55. The molecule has 0 saturated carbocycles. The number of fused-ring (bicyclic) bond motifs is 1. The molecule has 1 aromatic rings. The van der Waals surface area contributed by atoms with Crippen LogP contribution in [0.4, 0.5) is 0 Å². The fraction of sp³-hybridized carbons (Fsp3) is 0.647. The quantitative estimate of drug-likeness (QED) is 0.850. The lowest BCUT2D eigenvalue weighted by atomic mass is 10.00. The summed E-state index contributed by atoms with van der Waals surface area (Å²) >= 11 is 0. The maximum absolute atomic E-state index is 5.80. The molecule has 1 unspecified atom stereocenters. The van der Waals surface area contributed by atoms with Crippen molar-refractivity contribution in [2.45, 2.75) is 58.5 Å². The number of hydrogen-bond acceptors (Lipinski definition) is 3. The third kappa shape index (κ3) is 4.14. The molecule has 20 heavy (non-hydrogen) atoms. The minimum Gasteiger partial charge on any atom is -0.490 e. The first-order valence-electron chi connectivity index (χ1n) is 7.86. The van der Waals surface area contributed by atoms with E-state index in [1.165, 1.54) is 18.4 Å². The second-order valence-electron chi connectivity index (χ2n) is 5.77. The van der Waals surface area contributed by atoms with Gasteiger partial charge in [0, 0.05) is 18.5 Å². The maximum Gasteiger partial charge on any atom is 0.161 e. The summed E-state index contributed by atoms with van der Waals surface area (Å²) in [6, 6.07) is 7.25. The smallest absolute Gasteiger partial charge is 0.161 e. The van der Waals surface area contributed by atoms with E-state index in [4.69, 9.17) is 9.47 Å². The molecule has 0 aromatic heterocycles. The molecule has 1 N–H and O–H groups in total. The Morgan fingerprint density at radius 2 is 1.90 bits per heavy atom. The van der Waals surface area contributed by atoms with Crippen molar-refractivity contribution in [1.29, 1.82) is 0 Å². The molecule has 3 heteroatoms. The van der Waals surface area contributed by atoms with Gasteiger partial charge in [-0.05, 0) is 24.1 Å². The highest BCUT2D eigenvalue weighted by Gasteiger charge is 2.16. The van der Waals surface area contributed by atoms with E-state index in [2.05, 4.69) is 44.3 Å². The van der Waals surface area contributed by atoms with Crippen LogP contribution in [-0.2, 0) is 0 Å². The summed E-state index contributed by atoms with van der Waals surface area (Å²) in [7, 11) is 0. The second kappa shape index (κ2) is 7.53. The predicted molar refractivity (Wildman–Crippen MR) is 82.6 cm³/mol. The number of benzene rings is 1. The molecule has 1 aliphatic heterocycles. The molecule has 3 nitrogen and oxygen atoms in total. The summed E-state index contributed by atoms with van der Waals surface area (Å²) < 4.78 is 11.5. The SMILES string of the molecule is CCCCC(NC(C)C)c1ccc2c(c1)OCCCO2. The van der Waals surface area contributed by atoms with E-state index in [-0.39, 0.29) is 0 Å². The van der Waals surface area contributed by atoms with Crippen LogP contribution in [0.5, 0.6) is 11.5 Å². The van der Waals surface area contributed by atoms with Gasteiger partial charge in [0.25, 0.3) is 0 Å². The van der Waals surface area contributed by atoms with Crippen molar-refractivity contribution in [1.82, 2.24) is 5.32 Å². The van der Waals surface area contributed by atoms with E-state index in [0.29, 0.717) is 12.1 Å². The molecular weight excluding hydrogens is 250 g/mol. The minimum atomic E-state index is 0.395. The molecule has 1 heterocycles. The average molecular weight is 277 g/mol. The van der Waals surface area contributed by atoms with Gasteiger partial charge in [-0.2, -0.15) is 0 Å². The van der Waals surface area contributed by atoms with Crippen molar-refractivity contribution in [2.75, 3.05) is 13.2 Å². The first-order chi connectivity index (χ1) is 9.70. The second-order valence-corrected chi connectivity index (χ2v) is 5.77. The zero-order chi connectivity index (χ0) is 14.4. The standard InChI is InChI=1S/C17H27NO2/c1-4-5-7-15(18-13(2)3)14-8-9-16-17(12-14)20-11-6-10-19-16/h8-9,12-13,15,18H,4-7,10-11H2,1-3H3. The van der Waals surface area contributed by atoms with Crippen LogP contribution in [-0.4, -0.2) is 19.3 Å². The van der Waals surface area contributed by atoms with Crippen LogP contribution in [0.3, 0.4) is 0 Å². The van der Waals surface area contributed by atoms with Gasteiger partial charge in [-0.25, -0.2) is 0 Å². The molecule has 1 aromatic carbocycles. The zero-order valence-electron chi connectivity index (χ0n) is 12.9. The molecule has 0 fully saturated rings. The highest BCUT2D eigenvalue weighted by molar-refractivity contribution is 5.44. The third-order valence-corrected chi connectivity index (χ3v) is 3.55. The number of rotatable bonds is 6. The van der Waals surface area contributed by atoms with E-state index in [1.54, 1.807) is 0 Å². The number of hydrogen-bond donors (Lipinski definition) is 1. The van der Waals surface area contributed by atoms with E-state index >= 15 is 0 Å². The van der Waals surface area contributed by atoms with Crippen LogP contribution in [0.2, 0.25) is 0 Å². The highest BCUT2D eigenvalue weighted by atomic mass is 16.5. The third-order valence-electron chi connectivity index (χ3n) is 3.55. The lowest BCUT2D eigenvalue weighted by molar-refractivity contribution is 0.297. The Balaban J connectivity index is 2.17. The zero-order valence-corrected chi connectivity index (χ0v) is 12.9. The summed E-state index contributed by atoms with van der Waals surface area (Å²) in [5.74, 6) is 1.78. The van der Waals surface area contributed by atoms with Crippen LogP contribution in [0.25, 0.3) is 0 Å². The summed E-state index contributed by atoms with van der Waals surface area (Å²) in [6.45, 7) is 8.12. The number of nitrogens with one attached hydrogen (secondary N) is 1. The van der Waals surface area contributed by atoms with E-state index in [0.717, 1.165) is 37.6 Å². The number of ether oxygens (including phenoxy) is 2. The Bertz CT molecular complexity index is 417. The van der Waals surface area contributed by atoms with Crippen molar-refractivity contribution in [3.8, 4) is 11.5 Å². The monoisotopic (exact) mass is 277 g/mol. The average Bonchev–Trinajstić information content (AvgIpc) is 2.67. The van der Waals surface area contributed by atoms with Crippen LogP contribution >= 0.6 is 0 Å². The summed E-state index contributed by atoms with van der Waals surface area (Å²) in [6.07, 6.45) is 4.57. The molecule has 0 radical (unpaired) electrons. The molecule has 1 atom stereocenters. The van der Waals surface area contributed by atoms with Gasteiger partial charge in [-0.15, -0.1) is 0 Å². The molecule has 0 amide bonds. The predicted octanol–water partition coefficient (Wildman–Crippen LogP) is 4.08. The van der Waals surface area contributed by atoms with Crippen molar-refractivity contribution < 1.29 is 9.47 Å². The van der Waals surface area contributed by atoms with E-state index in [9.17, 15) is 0 Å². The Morgan fingerprint density at radius 3 is 2.60 bits per heavy atom. The first-order valence-corrected chi connectivity index (χ1v) is 7.86. The summed E-state index contributed by atoms with van der Waals surface area (Å²) in [4.78, 5) is 0. The Hall–Kier alpha value is -1.22. The van der Waals surface area contributed by atoms with Gasteiger partial charge >= 0.3 is 0 Å². The van der Waals surface area contributed by atoms with Gasteiger partial charge in [-0.1, -0.05) is 39.7 Å². The van der Waals surface area contributed by atoms with Crippen LogP contribution in [0.1, 0.15) is 58.1 Å². The van der Waals surface area contributed by atoms with E-state index in [1.807, 2.05) is 0 Å². The van der Waals surface area contributed by atoms with Gasteiger partial charge < -0.3 is 14.8 Å². The number of unbranched alkanes of at least 4 members (excludes halogenated alkanes) is 1. The molecule has 2 rings (SSSR count). The van der Waals surface area contributed by atoms with Gasteiger partial charge in [0.15, 0.2) is 11.5 Å². The topological polar surface area (TPSA) is 30.5 Å². The maximum atomic E-state index is 5.80. The molecule has 0 spiro atoms. The molecule has 0 aliphatic carbocycles. The molecular formula is C17H27NO2. The highest BCUT2D eigenvalue weighted by Crippen LogP contribution is 2.33. The van der Waals surface area contributed by atoms with Crippen molar-refractivity contribution in [2.24, 2.45) is 0 Å². The fourth-order valence-corrected chi connectivity index (χ4v) is 2.55. The van der Waals surface area contributed by atoms with Crippen LogP contribution in [0.15, 0.2) is 18.2 Å². The normalized spacial score (nSPS) is 16.0. The molecule has 0 bridgehead atoms. The lowest BCUT2D eigenvalue weighted by Gasteiger charge is -2.22. The molecule has 112 valence electrons. The molecule has 0 saturated heterocycles. The van der Waals surface area contributed by atoms with Gasteiger partial charge in [0.2, 0.25) is 0 Å². The van der Waals surface area contributed by atoms with Crippen molar-refractivity contribution in [3.05, 3.63) is 23.8 Å². The minimum absolute atomic E-state index is 0.395. The van der Waals surface area contributed by atoms with Gasteiger partial charge in [0.1, 0.15) is 0 Å². The Morgan fingerprint density at radius 1 is 1.15 bits per heavy atom. The van der Waals surface area contributed by atoms with Gasteiger partial charge in [0.05, 0.1) is 13.2 Å². The van der Waals surface area contributed by atoms with Crippen LogP contribution < -0.4 is 14.8 Å². The lowest BCUT2D eigenvalue weighted by Crippen LogP contribution is -2.28. The largest absolute Gasteiger partial charge is 0.490 e. The van der Waals surface area contributed by atoms with E-state index < -0.39 is 0 Å². The Labute approximate surface area is 122 Å². The van der Waals surface area contributed by atoms with Gasteiger partial charge in [-0.3, -0.25) is 0 Å². The van der Waals surface area contributed by atoms with Crippen molar-refractivity contribution in [3.63, 3.8) is 0 Å². The Kier molecular flexibility index (Phi) is 5.72. The molecule has 1 aliphatic rings. The van der Waals surface area contributed by atoms with Crippen LogP contribution in [0, 0.1) is 0 Å². The summed E-state index contributed by atoms with van der Waals surface area (Å²) in [5.41, 5.74) is 1.30. The first kappa shape index (κ1) is 15.2. The summed E-state index contributed by atoms with van der Waals surface area (Å²) in [5, 5.41) is 3.66.